The van der Waals surface area contributed by atoms with Gasteiger partial charge in [-0.3, -0.25) is 0 Å². The number of ether oxygens (including phenoxy) is 3. The first kappa shape index (κ1) is 27.3. The maximum absolute atomic E-state index is 12.0. The summed E-state index contributed by atoms with van der Waals surface area (Å²) in [5.41, 5.74) is 3.85. The van der Waals surface area contributed by atoms with E-state index in [1.165, 1.54) is 32.1 Å². The number of benzene rings is 3. The molecule has 4 heteroatoms. The van der Waals surface area contributed by atoms with E-state index in [4.69, 9.17) is 14.2 Å². The summed E-state index contributed by atoms with van der Waals surface area (Å²) in [7, 11) is 0. The molecule has 0 heterocycles. The highest BCUT2D eigenvalue weighted by atomic mass is 16.5. The van der Waals surface area contributed by atoms with E-state index in [2.05, 4.69) is 38.1 Å². The van der Waals surface area contributed by atoms with E-state index in [9.17, 15) is 4.79 Å². The van der Waals surface area contributed by atoms with Crippen LogP contribution in [0.2, 0.25) is 0 Å². The number of unbranched alkanes of at least 4 members (excludes halogenated alkanes) is 6. The van der Waals surface area contributed by atoms with Gasteiger partial charge < -0.3 is 14.2 Å². The first-order valence-electron chi connectivity index (χ1n) is 13.4. The molecule has 0 amide bonds. The summed E-state index contributed by atoms with van der Waals surface area (Å²) < 4.78 is 17.1. The summed E-state index contributed by atoms with van der Waals surface area (Å²) >= 11 is 0. The molecular formula is C32H40O4. The third-order valence-electron chi connectivity index (χ3n) is 6.13. The van der Waals surface area contributed by atoms with E-state index < -0.39 is 0 Å². The Morgan fingerprint density at radius 3 is 1.75 bits per heavy atom. The Hall–Kier alpha value is -3.27. The van der Waals surface area contributed by atoms with Crippen LogP contribution >= 0.6 is 0 Å². The molecule has 0 saturated heterocycles. The predicted molar refractivity (Wildman–Crippen MR) is 147 cm³/mol. The molecule has 0 radical (unpaired) electrons. The van der Waals surface area contributed by atoms with Crippen molar-refractivity contribution in [3.05, 3.63) is 83.9 Å². The lowest BCUT2D eigenvalue weighted by atomic mass is 10.1. The molecule has 0 aliphatic carbocycles. The van der Waals surface area contributed by atoms with Crippen molar-refractivity contribution < 1.29 is 19.0 Å². The highest BCUT2D eigenvalue weighted by Crippen LogP contribution is 2.25. The van der Waals surface area contributed by atoms with Gasteiger partial charge in [-0.25, -0.2) is 4.79 Å². The quantitative estimate of drug-likeness (QED) is 0.149. The van der Waals surface area contributed by atoms with E-state index in [0.717, 1.165) is 54.1 Å². The third kappa shape index (κ3) is 9.41. The maximum atomic E-state index is 12.0. The van der Waals surface area contributed by atoms with Crippen molar-refractivity contribution in [1.82, 2.24) is 0 Å². The Morgan fingerprint density at radius 2 is 1.14 bits per heavy atom. The molecule has 0 aliphatic heterocycles. The lowest BCUT2D eigenvalue weighted by Gasteiger charge is -2.10. The molecule has 0 unspecified atom stereocenters. The van der Waals surface area contributed by atoms with Crippen LogP contribution in [0.3, 0.4) is 0 Å². The predicted octanol–water partition coefficient (Wildman–Crippen LogP) is 8.63. The van der Waals surface area contributed by atoms with E-state index in [0.29, 0.717) is 18.8 Å². The van der Waals surface area contributed by atoms with E-state index >= 15 is 0 Å². The molecule has 0 fully saturated rings. The second-order valence-electron chi connectivity index (χ2n) is 9.14. The number of rotatable bonds is 16. The number of carbonyl (C=O) groups is 1. The second kappa shape index (κ2) is 15.7. The van der Waals surface area contributed by atoms with Crippen LogP contribution in [-0.4, -0.2) is 19.2 Å². The van der Waals surface area contributed by atoms with Crippen molar-refractivity contribution in [1.29, 1.82) is 0 Å². The fourth-order valence-corrected chi connectivity index (χ4v) is 3.86. The lowest BCUT2D eigenvalue weighted by Crippen LogP contribution is -2.06. The van der Waals surface area contributed by atoms with Crippen molar-refractivity contribution in [2.45, 2.75) is 71.8 Å². The number of hydrogen-bond donors (Lipinski definition) is 0. The summed E-state index contributed by atoms with van der Waals surface area (Å²) in [6.45, 7) is 6.00. The van der Waals surface area contributed by atoms with Crippen LogP contribution < -0.4 is 9.47 Å². The molecule has 3 aromatic rings. The van der Waals surface area contributed by atoms with Gasteiger partial charge in [0, 0.05) is 0 Å². The minimum absolute atomic E-state index is 0.274. The van der Waals surface area contributed by atoms with Crippen molar-refractivity contribution in [3.8, 4) is 22.6 Å². The van der Waals surface area contributed by atoms with Gasteiger partial charge in [-0.05, 0) is 65.9 Å². The van der Waals surface area contributed by atoms with Gasteiger partial charge in [0.05, 0.1) is 18.8 Å². The molecule has 0 spiro atoms. The maximum Gasteiger partial charge on any atom is 0.338 e. The van der Waals surface area contributed by atoms with E-state index in [1.807, 2.05) is 36.4 Å². The first-order chi connectivity index (χ1) is 17.7. The highest BCUT2D eigenvalue weighted by molar-refractivity contribution is 5.89. The average Bonchev–Trinajstić information content (AvgIpc) is 2.92. The molecule has 3 aromatic carbocycles. The van der Waals surface area contributed by atoms with Crippen molar-refractivity contribution in [2.75, 3.05) is 13.2 Å². The SMILES string of the molecule is CCCCCCCCOc1ccc(-c2ccc(OCc3ccc(C(=O)OCCCC)cc3)cc2)cc1. The van der Waals surface area contributed by atoms with Crippen LogP contribution in [0, 0.1) is 0 Å². The molecule has 0 aromatic heterocycles. The Labute approximate surface area is 216 Å². The van der Waals surface area contributed by atoms with Gasteiger partial charge in [0.2, 0.25) is 0 Å². The van der Waals surface area contributed by atoms with Crippen LogP contribution in [0.5, 0.6) is 11.5 Å². The average molecular weight is 489 g/mol. The topological polar surface area (TPSA) is 44.8 Å². The van der Waals surface area contributed by atoms with Crippen molar-refractivity contribution in [3.63, 3.8) is 0 Å². The Balaban J connectivity index is 1.41. The fraction of sp³-hybridized carbons (Fsp3) is 0.406. The smallest absolute Gasteiger partial charge is 0.338 e. The summed E-state index contributed by atoms with van der Waals surface area (Å²) in [5, 5.41) is 0. The van der Waals surface area contributed by atoms with Gasteiger partial charge >= 0.3 is 5.97 Å². The van der Waals surface area contributed by atoms with Crippen molar-refractivity contribution in [2.24, 2.45) is 0 Å². The van der Waals surface area contributed by atoms with E-state index in [1.54, 1.807) is 12.1 Å². The Bertz CT molecular complexity index is 1010. The zero-order chi connectivity index (χ0) is 25.4. The zero-order valence-corrected chi connectivity index (χ0v) is 21.8. The first-order valence-corrected chi connectivity index (χ1v) is 13.4. The molecule has 0 aliphatic rings. The van der Waals surface area contributed by atoms with Crippen LogP contribution in [0.15, 0.2) is 72.8 Å². The summed E-state index contributed by atoms with van der Waals surface area (Å²) in [4.78, 5) is 12.0. The molecule has 0 atom stereocenters. The number of hydrogen-bond acceptors (Lipinski definition) is 4. The van der Waals surface area contributed by atoms with Gasteiger partial charge in [-0.1, -0.05) is 88.8 Å². The Morgan fingerprint density at radius 1 is 0.583 bits per heavy atom. The molecule has 0 saturated carbocycles. The van der Waals surface area contributed by atoms with Gasteiger partial charge in [-0.2, -0.15) is 0 Å². The summed E-state index contributed by atoms with van der Waals surface area (Å²) in [6, 6.07) is 23.8. The highest BCUT2D eigenvalue weighted by Gasteiger charge is 2.07. The number of esters is 1. The molecular weight excluding hydrogens is 448 g/mol. The standard InChI is InChI=1S/C32H40O4/c1-3-5-7-8-9-10-24-34-30-19-15-27(16-20-30)28-17-21-31(22-18-28)36-25-26-11-13-29(14-12-26)32(33)35-23-6-4-2/h11-22H,3-10,23-25H2,1-2H3. The monoisotopic (exact) mass is 488 g/mol. The summed E-state index contributed by atoms with van der Waals surface area (Å²) in [5.74, 6) is 1.46. The van der Waals surface area contributed by atoms with Gasteiger partial charge in [0.1, 0.15) is 18.1 Å². The minimum atomic E-state index is -0.274. The molecule has 36 heavy (non-hydrogen) atoms. The zero-order valence-electron chi connectivity index (χ0n) is 21.8. The minimum Gasteiger partial charge on any atom is -0.494 e. The normalized spacial score (nSPS) is 10.7. The second-order valence-corrected chi connectivity index (χ2v) is 9.14. The lowest BCUT2D eigenvalue weighted by molar-refractivity contribution is 0.0499. The van der Waals surface area contributed by atoms with Gasteiger partial charge in [-0.15, -0.1) is 0 Å². The van der Waals surface area contributed by atoms with E-state index in [-0.39, 0.29) is 5.97 Å². The van der Waals surface area contributed by atoms with Gasteiger partial charge in [0.15, 0.2) is 0 Å². The molecule has 0 N–H and O–H groups in total. The van der Waals surface area contributed by atoms with Gasteiger partial charge in [0.25, 0.3) is 0 Å². The van der Waals surface area contributed by atoms with Crippen molar-refractivity contribution >= 4 is 5.97 Å². The third-order valence-corrected chi connectivity index (χ3v) is 6.13. The van der Waals surface area contributed by atoms with Crippen LogP contribution in [0.25, 0.3) is 11.1 Å². The molecule has 0 bridgehead atoms. The Kier molecular flexibility index (Phi) is 11.9. The fourth-order valence-electron chi connectivity index (χ4n) is 3.86. The molecule has 3 rings (SSSR count). The molecule has 4 nitrogen and oxygen atoms in total. The van der Waals surface area contributed by atoms with Crippen LogP contribution in [0.1, 0.15) is 81.1 Å². The summed E-state index contributed by atoms with van der Waals surface area (Å²) in [6.07, 6.45) is 9.50. The molecule has 192 valence electrons. The van der Waals surface area contributed by atoms with Crippen LogP contribution in [0.4, 0.5) is 0 Å². The largest absolute Gasteiger partial charge is 0.494 e. The van der Waals surface area contributed by atoms with Crippen LogP contribution in [-0.2, 0) is 11.3 Å². The number of carbonyl (C=O) groups excluding carboxylic acids is 1.